The molecule has 0 aliphatic heterocycles. The first-order chi connectivity index (χ1) is 14.8. The van der Waals surface area contributed by atoms with E-state index in [0.717, 1.165) is 22.6 Å². The molecule has 1 aliphatic rings. The van der Waals surface area contributed by atoms with Gasteiger partial charge in [0.2, 0.25) is 0 Å². The molecule has 1 saturated carbocycles. The van der Waals surface area contributed by atoms with Crippen molar-refractivity contribution in [1.82, 2.24) is 9.97 Å². The quantitative estimate of drug-likeness (QED) is 0.445. The molecule has 1 aromatic heterocycles. The summed E-state index contributed by atoms with van der Waals surface area (Å²) in [7, 11) is 0. The first-order valence-corrected chi connectivity index (χ1v) is 11.2. The van der Waals surface area contributed by atoms with Gasteiger partial charge in [0.1, 0.15) is 0 Å². The molecule has 152 valence electrons. The van der Waals surface area contributed by atoms with Crippen molar-refractivity contribution >= 4 is 0 Å². The van der Waals surface area contributed by atoms with E-state index >= 15 is 0 Å². The Kier molecular flexibility index (Phi) is 6.54. The van der Waals surface area contributed by atoms with Gasteiger partial charge in [-0.05, 0) is 72.9 Å². The smallest absolute Gasteiger partial charge is 0.159 e. The zero-order valence-corrected chi connectivity index (χ0v) is 17.7. The first kappa shape index (κ1) is 20.3. The van der Waals surface area contributed by atoms with E-state index < -0.39 is 0 Å². The lowest BCUT2D eigenvalue weighted by atomic mass is 9.77. The molecule has 3 aromatic rings. The van der Waals surface area contributed by atoms with Gasteiger partial charge >= 0.3 is 0 Å². The molecule has 0 amide bonds. The van der Waals surface area contributed by atoms with Crippen molar-refractivity contribution in [3.8, 4) is 28.6 Å². The Morgan fingerprint density at radius 1 is 0.833 bits per heavy atom. The molecule has 0 spiro atoms. The monoisotopic (exact) mass is 395 g/mol. The maximum absolute atomic E-state index is 8.93. The van der Waals surface area contributed by atoms with Crippen molar-refractivity contribution in [3.05, 3.63) is 72.1 Å². The molecular weight excluding hydrogens is 366 g/mol. The molecule has 0 N–H and O–H groups in total. The van der Waals surface area contributed by atoms with Crippen LogP contribution in [0.15, 0.2) is 60.9 Å². The van der Waals surface area contributed by atoms with Crippen molar-refractivity contribution in [2.45, 2.75) is 57.8 Å². The van der Waals surface area contributed by atoms with Crippen LogP contribution < -0.4 is 0 Å². The van der Waals surface area contributed by atoms with E-state index in [2.05, 4.69) is 47.2 Å². The summed E-state index contributed by atoms with van der Waals surface area (Å²) in [5.74, 6) is 2.35. The molecule has 1 aliphatic carbocycles. The number of hydrogen-bond acceptors (Lipinski definition) is 3. The molecule has 0 bridgehead atoms. The molecule has 0 atom stereocenters. The number of unbranched alkanes of at least 4 members (excludes halogenated alkanes) is 1. The Labute approximate surface area is 179 Å². The van der Waals surface area contributed by atoms with E-state index in [0.29, 0.717) is 17.3 Å². The Hall–Kier alpha value is -2.99. The molecule has 1 fully saturated rings. The van der Waals surface area contributed by atoms with Crippen LogP contribution in [0.5, 0.6) is 0 Å². The average molecular weight is 396 g/mol. The lowest BCUT2D eigenvalue weighted by Crippen LogP contribution is -2.13. The summed E-state index contributed by atoms with van der Waals surface area (Å²) in [6.45, 7) is 2.29. The van der Waals surface area contributed by atoms with Crippen LogP contribution >= 0.6 is 0 Å². The van der Waals surface area contributed by atoms with Gasteiger partial charge in [0.25, 0.3) is 0 Å². The van der Waals surface area contributed by atoms with Crippen LogP contribution in [-0.4, -0.2) is 9.97 Å². The highest BCUT2D eigenvalue weighted by atomic mass is 14.9. The number of nitrogens with zero attached hydrogens (tertiary/aromatic N) is 3. The highest BCUT2D eigenvalue weighted by Gasteiger charge is 2.21. The number of rotatable bonds is 6. The first-order valence-electron chi connectivity index (χ1n) is 11.2. The summed E-state index contributed by atoms with van der Waals surface area (Å²) < 4.78 is 0. The zero-order chi connectivity index (χ0) is 20.8. The fourth-order valence-electron chi connectivity index (χ4n) is 4.55. The minimum absolute atomic E-state index is 0.643. The van der Waals surface area contributed by atoms with Crippen molar-refractivity contribution in [1.29, 1.82) is 5.26 Å². The third kappa shape index (κ3) is 4.76. The lowest BCUT2D eigenvalue weighted by Gasteiger charge is -2.29. The average Bonchev–Trinajstić information content (AvgIpc) is 2.83. The fourth-order valence-corrected chi connectivity index (χ4v) is 4.55. The molecule has 1 heterocycles. The summed E-state index contributed by atoms with van der Waals surface area (Å²) in [6.07, 6.45) is 13.3. The zero-order valence-electron chi connectivity index (χ0n) is 17.7. The highest BCUT2D eigenvalue weighted by Crippen LogP contribution is 2.38. The largest absolute Gasteiger partial charge is 0.236 e. The van der Waals surface area contributed by atoms with E-state index in [1.54, 1.807) is 12.1 Å². The SMILES string of the molecule is CCCCC1CCC(c2ccc(-c3cnc(-c4ccc(C#N)cc4)nc3)cc2)CC1. The molecule has 4 rings (SSSR count). The predicted octanol–water partition coefficient (Wildman–Crippen LogP) is 7.15. The minimum Gasteiger partial charge on any atom is -0.236 e. The van der Waals surface area contributed by atoms with E-state index in [-0.39, 0.29) is 0 Å². The molecule has 0 unspecified atom stereocenters. The Morgan fingerprint density at radius 3 is 2.07 bits per heavy atom. The van der Waals surface area contributed by atoms with Crippen LogP contribution in [0, 0.1) is 17.2 Å². The summed E-state index contributed by atoms with van der Waals surface area (Å²) >= 11 is 0. The van der Waals surface area contributed by atoms with Crippen LogP contribution in [-0.2, 0) is 0 Å². The van der Waals surface area contributed by atoms with Crippen LogP contribution in [0.2, 0.25) is 0 Å². The molecule has 3 nitrogen and oxygen atoms in total. The maximum Gasteiger partial charge on any atom is 0.159 e. The van der Waals surface area contributed by atoms with Crippen LogP contribution in [0.3, 0.4) is 0 Å². The summed E-state index contributed by atoms with van der Waals surface area (Å²) in [5, 5.41) is 8.93. The normalized spacial score (nSPS) is 18.7. The fraction of sp³-hybridized carbons (Fsp3) is 0.370. The molecule has 30 heavy (non-hydrogen) atoms. The summed E-state index contributed by atoms with van der Waals surface area (Å²) in [6, 6.07) is 18.5. The van der Waals surface area contributed by atoms with Crippen molar-refractivity contribution in [2.24, 2.45) is 5.92 Å². The third-order valence-electron chi connectivity index (χ3n) is 6.45. The Balaban J connectivity index is 1.40. The van der Waals surface area contributed by atoms with Gasteiger partial charge in [0.05, 0.1) is 11.6 Å². The molecule has 3 heteroatoms. The van der Waals surface area contributed by atoms with Gasteiger partial charge in [-0.1, -0.05) is 50.5 Å². The number of aromatic nitrogens is 2. The van der Waals surface area contributed by atoms with Gasteiger partial charge in [-0.3, -0.25) is 0 Å². The number of benzene rings is 2. The van der Waals surface area contributed by atoms with E-state index in [4.69, 9.17) is 5.26 Å². The predicted molar refractivity (Wildman–Crippen MR) is 122 cm³/mol. The van der Waals surface area contributed by atoms with Crippen LogP contribution in [0.4, 0.5) is 0 Å². The Bertz CT molecular complexity index is 974. The van der Waals surface area contributed by atoms with Crippen molar-refractivity contribution < 1.29 is 0 Å². The number of hydrogen-bond donors (Lipinski definition) is 0. The second-order valence-electron chi connectivity index (χ2n) is 8.47. The van der Waals surface area contributed by atoms with E-state index in [1.165, 1.54) is 50.5 Å². The van der Waals surface area contributed by atoms with Gasteiger partial charge < -0.3 is 0 Å². The minimum atomic E-state index is 0.643. The van der Waals surface area contributed by atoms with Gasteiger partial charge in [-0.25, -0.2) is 9.97 Å². The molecule has 2 aromatic carbocycles. The lowest BCUT2D eigenvalue weighted by molar-refractivity contribution is 0.304. The van der Waals surface area contributed by atoms with Crippen LogP contribution in [0.1, 0.15) is 68.9 Å². The number of nitriles is 1. The topological polar surface area (TPSA) is 49.6 Å². The van der Waals surface area contributed by atoms with Crippen molar-refractivity contribution in [2.75, 3.05) is 0 Å². The molecule has 0 saturated heterocycles. The second kappa shape index (κ2) is 9.67. The summed E-state index contributed by atoms with van der Waals surface area (Å²) in [4.78, 5) is 9.06. The summed E-state index contributed by atoms with van der Waals surface area (Å²) in [5.41, 5.74) is 5.22. The van der Waals surface area contributed by atoms with Gasteiger partial charge in [0, 0.05) is 23.5 Å². The van der Waals surface area contributed by atoms with E-state index in [9.17, 15) is 0 Å². The molecule has 0 radical (unpaired) electrons. The molecular formula is C27H29N3. The third-order valence-corrected chi connectivity index (χ3v) is 6.45. The van der Waals surface area contributed by atoms with Crippen molar-refractivity contribution in [3.63, 3.8) is 0 Å². The van der Waals surface area contributed by atoms with Gasteiger partial charge in [-0.2, -0.15) is 5.26 Å². The second-order valence-corrected chi connectivity index (χ2v) is 8.47. The van der Waals surface area contributed by atoms with Gasteiger partial charge in [0.15, 0.2) is 5.82 Å². The van der Waals surface area contributed by atoms with E-state index in [1.807, 2.05) is 24.5 Å². The Morgan fingerprint density at radius 2 is 1.47 bits per heavy atom. The highest BCUT2D eigenvalue weighted by molar-refractivity contribution is 5.64. The van der Waals surface area contributed by atoms with Crippen LogP contribution in [0.25, 0.3) is 22.5 Å². The maximum atomic E-state index is 8.93. The van der Waals surface area contributed by atoms with Gasteiger partial charge in [-0.15, -0.1) is 0 Å². The standard InChI is InChI=1S/C27H29N3/c1-2-3-4-20-5-9-22(10-6-20)23-13-15-24(16-14-23)26-18-29-27(30-19-26)25-11-7-21(17-28)8-12-25/h7-8,11-16,18-20,22H,2-6,9-10H2,1H3.